The topological polar surface area (TPSA) is 6.48 Å². The molecule has 2 nitrogen and oxygen atoms in total. The Balaban J connectivity index is 1.57. The summed E-state index contributed by atoms with van der Waals surface area (Å²) in [4.78, 5) is 4.81. The van der Waals surface area contributed by atoms with Gasteiger partial charge < -0.3 is 9.80 Å². The average molecular weight is 459 g/mol. The monoisotopic (exact) mass is 458 g/mol. The molecule has 0 saturated heterocycles. The molecule has 4 aromatic rings. The third-order valence-corrected chi connectivity index (χ3v) is 6.52. The molecule has 0 aliphatic carbocycles. The molecule has 1 aliphatic rings. The van der Waals surface area contributed by atoms with Crippen LogP contribution in [0.15, 0.2) is 97.1 Å². The molecule has 1 heterocycles. The van der Waals surface area contributed by atoms with E-state index in [1.807, 2.05) is 0 Å². The number of hydrogen-bond acceptors (Lipinski definition) is 2. The first-order valence-corrected chi connectivity index (χ1v) is 11.8. The molecule has 0 spiro atoms. The lowest BCUT2D eigenvalue weighted by Gasteiger charge is -2.40. The van der Waals surface area contributed by atoms with Gasteiger partial charge in [-0.3, -0.25) is 0 Å². The van der Waals surface area contributed by atoms with Gasteiger partial charge in [0, 0.05) is 24.8 Å². The van der Waals surface area contributed by atoms with E-state index in [-0.39, 0.29) is 0 Å². The van der Waals surface area contributed by atoms with Crippen LogP contribution in [0.4, 0.5) is 22.7 Å². The summed E-state index contributed by atoms with van der Waals surface area (Å²) in [6.45, 7) is 1.57. The van der Waals surface area contributed by atoms with Crippen LogP contribution in [0.1, 0.15) is 22.3 Å². The van der Waals surface area contributed by atoms with Crippen molar-refractivity contribution in [1.82, 2.24) is 0 Å². The molecule has 4 heteroatoms. The number of halogens is 2. The zero-order valence-corrected chi connectivity index (χ0v) is 19.2. The molecule has 32 heavy (non-hydrogen) atoms. The Kier molecular flexibility index (Phi) is 6.07. The smallest absolute Gasteiger partial charge is 0.0655 e. The third kappa shape index (κ3) is 4.09. The highest BCUT2D eigenvalue weighted by molar-refractivity contribution is 6.17. The van der Waals surface area contributed by atoms with Gasteiger partial charge in [-0.15, -0.1) is 23.2 Å². The summed E-state index contributed by atoms with van der Waals surface area (Å²) < 4.78 is 0. The van der Waals surface area contributed by atoms with Crippen LogP contribution in [-0.4, -0.2) is 0 Å². The number of anilines is 4. The predicted octanol–water partition coefficient (Wildman–Crippen LogP) is 8.15. The first-order valence-electron chi connectivity index (χ1n) is 10.8. The van der Waals surface area contributed by atoms with Crippen molar-refractivity contribution < 1.29 is 0 Å². The molecule has 0 radical (unpaired) electrons. The Morgan fingerprint density at radius 3 is 1.12 bits per heavy atom. The van der Waals surface area contributed by atoms with Crippen LogP contribution < -0.4 is 9.80 Å². The molecule has 0 atom stereocenters. The first-order chi connectivity index (χ1) is 15.8. The van der Waals surface area contributed by atoms with Gasteiger partial charge in [0.05, 0.1) is 22.7 Å². The van der Waals surface area contributed by atoms with Crippen molar-refractivity contribution in [3.8, 4) is 0 Å². The maximum Gasteiger partial charge on any atom is 0.0655 e. The van der Waals surface area contributed by atoms with Crippen molar-refractivity contribution in [2.75, 3.05) is 9.80 Å². The van der Waals surface area contributed by atoms with Crippen molar-refractivity contribution in [1.29, 1.82) is 0 Å². The normalized spacial score (nSPS) is 12.4. The highest BCUT2D eigenvalue weighted by atomic mass is 35.5. The zero-order valence-electron chi connectivity index (χ0n) is 17.7. The van der Waals surface area contributed by atoms with Gasteiger partial charge in [-0.25, -0.2) is 0 Å². The summed E-state index contributed by atoms with van der Waals surface area (Å²) in [5.41, 5.74) is 9.60. The number of hydrogen-bond donors (Lipinski definition) is 0. The summed E-state index contributed by atoms with van der Waals surface area (Å²) in [5.74, 6) is 1.05. The fraction of sp³-hybridized carbons (Fsp3) is 0.143. The lowest BCUT2D eigenvalue weighted by molar-refractivity contribution is 0.902. The van der Waals surface area contributed by atoms with Crippen LogP contribution in [0.2, 0.25) is 0 Å². The molecule has 0 amide bonds. The number of alkyl halides is 2. The Morgan fingerprint density at radius 1 is 0.438 bits per heavy atom. The van der Waals surface area contributed by atoms with Crippen molar-refractivity contribution >= 4 is 46.0 Å². The van der Waals surface area contributed by atoms with E-state index < -0.39 is 0 Å². The first kappa shape index (κ1) is 20.9. The SMILES string of the molecule is ClCc1cccc(CN2c3ccccc3N(Cc3cccc(CCl)c3)c3ccccc32)c1. The van der Waals surface area contributed by atoms with Gasteiger partial charge in [0.15, 0.2) is 0 Å². The van der Waals surface area contributed by atoms with Gasteiger partial charge in [-0.05, 0) is 46.5 Å². The Hall–Kier alpha value is -2.94. The number of rotatable bonds is 6. The van der Waals surface area contributed by atoms with E-state index in [0.29, 0.717) is 11.8 Å². The lowest BCUT2D eigenvalue weighted by atomic mass is 10.0. The second-order valence-electron chi connectivity index (χ2n) is 8.06. The van der Waals surface area contributed by atoms with Crippen LogP contribution in [0, 0.1) is 0 Å². The molecular weight excluding hydrogens is 435 g/mol. The average Bonchev–Trinajstić information content (AvgIpc) is 2.86. The van der Waals surface area contributed by atoms with Crippen molar-refractivity contribution in [3.63, 3.8) is 0 Å². The van der Waals surface area contributed by atoms with Gasteiger partial charge in [-0.2, -0.15) is 0 Å². The summed E-state index contributed by atoms with van der Waals surface area (Å²) in [6.07, 6.45) is 0. The molecule has 0 unspecified atom stereocenters. The Morgan fingerprint density at radius 2 is 0.781 bits per heavy atom. The molecule has 0 saturated carbocycles. The van der Waals surface area contributed by atoms with Crippen LogP contribution in [0.3, 0.4) is 0 Å². The molecule has 5 rings (SSSR count). The van der Waals surface area contributed by atoms with E-state index in [2.05, 4.69) is 107 Å². The van der Waals surface area contributed by atoms with E-state index in [1.54, 1.807) is 0 Å². The highest BCUT2D eigenvalue weighted by Crippen LogP contribution is 2.48. The fourth-order valence-electron chi connectivity index (χ4n) is 4.43. The zero-order chi connectivity index (χ0) is 21.9. The molecule has 0 aromatic heterocycles. The molecular formula is C28H24Cl2N2. The Bertz CT molecular complexity index is 1090. The van der Waals surface area contributed by atoms with Gasteiger partial charge in [0.1, 0.15) is 0 Å². The van der Waals surface area contributed by atoms with E-state index in [9.17, 15) is 0 Å². The van der Waals surface area contributed by atoms with E-state index in [1.165, 1.54) is 33.9 Å². The summed E-state index contributed by atoms with van der Waals surface area (Å²) in [6, 6.07) is 34.3. The minimum absolute atomic E-state index is 0.524. The third-order valence-electron chi connectivity index (χ3n) is 5.90. The summed E-state index contributed by atoms with van der Waals surface area (Å²) in [5, 5.41) is 0. The molecule has 0 fully saturated rings. The van der Waals surface area contributed by atoms with Crippen LogP contribution >= 0.6 is 23.2 Å². The standard InChI is InChI=1S/C28H24Cl2N2/c29-17-21-7-5-9-23(15-21)19-31-25-11-1-2-12-26(25)32(28-14-4-3-13-27(28)31)20-24-10-6-8-22(16-24)18-30/h1-16H,17-20H2. The minimum Gasteiger partial charge on any atom is -0.334 e. The minimum atomic E-state index is 0.524. The van der Waals surface area contributed by atoms with E-state index in [4.69, 9.17) is 23.2 Å². The fourth-order valence-corrected chi connectivity index (χ4v) is 4.76. The van der Waals surface area contributed by atoms with Crippen LogP contribution in [0.25, 0.3) is 0 Å². The van der Waals surface area contributed by atoms with Gasteiger partial charge >= 0.3 is 0 Å². The number of benzene rings is 4. The van der Waals surface area contributed by atoms with Crippen molar-refractivity contribution in [2.45, 2.75) is 24.8 Å². The second kappa shape index (κ2) is 9.28. The highest BCUT2D eigenvalue weighted by Gasteiger charge is 2.28. The largest absolute Gasteiger partial charge is 0.334 e. The Labute approximate surface area is 199 Å². The van der Waals surface area contributed by atoms with Gasteiger partial charge in [0.2, 0.25) is 0 Å². The van der Waals surface area contributed by atoms with Crippen LogP contribution in [0.5, 0.6) is 0 Å². The predicted molar refractivity (Wildman–Crippen MR) is 137 cm³/mol. The molecule has 4 aromatic carbocycles. The second-order valence-corrected chi connectivity index (χ2v) is 8.59. The van der Waals surface area contributed by atoms with Gasteiger partial charge in [0.25, 0.3) is 0 Å². The summed E-state index contributed by atoms with van der Waals surface area (Å²) in [7, 11) is 0. The molecule has 160 valence electrons. The number of para-hydroxylation sites is 4. The van der Waals surface area contributed by atoms with Crippen LogP contribution in [-0.2, 0) is 24.8 Å². The maximum absolute atomic E-state index is 6.09. The number of fused-ring (bicyclic) bond motifs is 2. The quantitative estimate of drug-likeness (QED) is 0.269. The molecule has 0 N–H and O–H groups in total. The van der Waals surface area contributed by atoms with Crippen molar-refractivity contribution in [3.05, 3.63) is 119 Å². The van der Waals surface area contributed by atoms with Crippen molar-refractivity contribution in [2.24, 2.45) is 0 Å². The van der Waals surface area contributed by atoms with Gasteiger partial charge in [-0.1, -0.05) is 72.8 Å². The maximum atomic E-state index is 6.09. The number of nitrogens with zero attached hydrogens (tertiary/aromatic N) is 2. The molecule has 1 aliphatic heterocycles. The van der Waals surface area contributed by atoms with E-state index in [0.717, 1.165) is 24.2 Å². The molecule has 0 bridgehead atoms. The lowest BCUT2D eigenvalue weighted by Crippen LogP contribution is -2.29. The summed E-state index contributed by atoms with van der Waals surface area (Å²) >= 11 is 12.2. The van der Waals surface area contributed by atoms with E-state index >= 15 is 0 Å².